The van der Waals surface area contributed by atoms with Crippen molar-refractivity contribution in [2.75, 3.05) is 0 Å². The third kappa shape index (κ3) is 5.60. The maximum Gasteiger partial charge on any atom is 1.00 e. The molecule has 19 heavy (non-hydrogen) atoms. The fourth-order valence-corrected chi connectivity index (χ4v) is 1.27. The van der Waals surface area contributed by atoms with E-state index in [4.69, 9.17) is 9.31 Å². The topological polar surface area (TPSA) is 41.5 Å². The zero-order chi connectivity index (χ0) is 13.0. The van der Waals surface area contributed by atoms with Gasteiger partial charge in [-0.05, 0) is 48.5 Å². The van der Waals surface area contributed by atoms with E-state index in [1.165, 1.54) is 48.5 Å². The maximum absolute atomic E-state index is 12.6. The minimum absolute atomic E-state index is 0. The molecule has 0 aliphatic rings. The van der Waals surface area contributed by atoms with Crippen LogP contribution in [-0.2, 0) is 0 Å². The van der Waals surface area contributed by atoms with E-state index in [0.29, 0.717) is 0 Å². The summed E-state index contributed by atoms with van der Waals surface area (Å²) in [7, 11) is -1.80. The molecule has 0 N–H and O–H groups in total. The van der Waals surface area contributed by atoms with E-state index >= 15 is 0 Å². The first-order valence-electron chi connectivity index (χ1n) is 5.14. The van der Waals surface area contributed by atoms with Gasteiger partial charge in [-0.3, -0.25) is 0 Å². The van der Waals surface area contributed by atoms with Crippen LogP contribution in [0.1, 0.15) is 0 Å². The molecule has 0 fully saturated rings. The summed E-state index contributed by atoms with van der Waals surface area (Å²) in [5.74, 6) is -0.467. The van der Waals surface area contributed by atoms with E-state index in [0.717, 1.165) is 0 Å². The Labute approximate surface area is 152 Å². The van der Waals surface area contributed by atoms with Crippen LogP contribution in [0.15, 0.2) is 48.5 Å². The summed E-state index contributed by atoms with van der Waals surface area (Å²) in [6.07, 6.45) is 0. The summed E-state index contributed by atoms with van der Waals surface area (Å²) in [5, 5.41) is 11.4. The van der Waals surface area contributed by atoms with E-state index in [9.17, 15) is 13.8 Å². The average Bonchev–Trinajstić information content (AvgIpc) is 2.35. The molecule has 0 aliphatic heterocycles. The Hall–Kier alpha value is -0.439. The van der Waals surface area contributed by atoms with Gasteiger partial charge in [-0.25, -0.2) is 8.78 Å². The average molecular weight is 288 g/mol. The molecule has 0 spiro atoms. The van der Waals surface area contributed by atoms with Gasteiger partial charge in [0.05, 0.1) is 0 Å². The summed E-state index contributed by atoms with van der Waals surface area (Å²) in [6, 6.07) is 9.92. The zero-order valence-electron chi connectivity index (χ0n) is 10.2. The third-order valence-electron chi connectivity index (χ3n) is 2.09. The van der Waals surface area contributed by atoms with E-state index in [-0.39, 0.29) is 62.9 Å². The Kier molecular flexibility index (Phi) is 6.98. The van der Waals surface area contributed by atoms with Crippen molar-refractivity contribution in [1.29, 1.82) is 0 Å². The van der Waals surface area contributed by atoms with Crippen molar-refractivity contribution >= 4 is 7.32 Å². The summed E-state index contributed by atoms with van der Waals surface area (Å²) in [5.41, 5.74) is 0. The van der Waals surface area contributed by atoms with Gasteiger partial charge in [-0.15, -0.1) is 0 Å². The molecule has 2 aromatic rings. The first-order valence-corrected chi connectivity index (χ1v) is 5.14. The van der Waals surface area contributed by atoms with Crippen LogP contribution in [0, 0.1) is 11.6 Å². The maximum atomic E-state index is 12.6. The first kappa shape index (κ1) is 16.6. The molecule has 7 heteroatoms. The molecule has 0 aromatic heterocycles. The Morgan fingerprint density at radius 2 is 1.05 bits per heavy atom. The van der Waals surface area contributed by atoms with E-state index < -0.39 is 19.0 Å². The fraction of sp³-hybridized carbons (Fsp3) is 0. The molecule has 0 unspecified atom stereocenters. The monoisotopic (exact) mass is 288 g/mol. The molecule has 0 bridgehead atoms. The number of rotatable bonds is 4. The standard InChI is InChI=1S/C12H8BF2O3.K/c14-9-1-5-11(6-2-9)17-13(16)18-12-7-3-10(15)4-8-12;/h1-8H;/q-1;+1. The van der Waals surface area contributed by atoms with Crippen LogP contribution in [0.3, 0.4) is 0 Å². The van der Waals surface area contributed by atoms with E-state index in [2.05, 4.69) is 0 Å². The predicted octanol–water partition coefficient (Wildman–Crippen LogP) is -1.23. The summed E-state index contributed by atoms with van der Waals surface area (Å²) in [4.78, 5) is 0. The Morgan fingerprint density at radius 1 is 0.737 bits per heavy atom. The van der Waals surface area contributed by atoms with Crippen LogP contribution < -0.4 is 65.7 Å². The molecule has 0 heterocycles. The third-order valence-corrected chi connectivity index (χ3v) is 2.09. The smallest absolute Gasteiger partial charge is 0.808 e. The number of benzene rings is 2. The van der Waals surface area contributed by atoms with Crippen molar-refractivity contribution in [1.82, 2.24) is 0 Å². The second kappa shape index (κ2) is 7.98. The Bertz CT molecular complexity index is 460. The molecular weight excluding hydrogens is 280 g/mol. The Balaban J connectivity index is 0.00000180. The van der Waals surface area contributed by atoms with Gasteiger partial charge in [0.25, 0.3) is 0 Å². The number of halogens is 2. The minimum atomic E-state index is -1.80. The van der Waals surface area contributed by atoms with Crippen molar-refractivity contribution in [2.45, 2.75) is 0 Å². The van der Waals surface area contributed by atoms with Gasteiger partial charge in [-0.1, -0.05) is 0 Å². The van der Waals surface area contributed by atoms with Crippen LogP contribution in [0.5, 0.6) is 11.5 Å². The van der Waals surface area contributed by atoms with E-state index in [1.807, 2.05) is 0 Å². The van der Waals surface area contributed by atoms with Crippen molar-refractivity contribution in [3.05, 3.63) is 60.2 Å². The summed E-state index contributed by atoms with van der Waals surface area (Å²) < 4.78 is 34.9. The normalized spacial score (nSPS) is 9.42. The zero-order valence-corrected chi connectivity index (χ0v) is 13.3. The van der Waals surface area contributed by atoms with Crippen LogP contribution in [0.4, 0.5) is 8.78 Å². The summed E-state index contributed by atoms with van der Waals surface area (Å²) in [6.45, 7) is 0. The second-order valence-electron chi connectivity index (χ2n) is 3.43. The molecule has 0 amide bonds. The SMILES string of the molecule is [K+].[O-]B(Oc1ccc(F)cc1)Oc1ccc(F)cc1. The largest absolute Gasteiger partial charge is 1.00 e. The van der Waals surface area contributed by atoms with Gasteiger partial charge in [0.1, 0.15) is 23.1 Å². The van der Waals surface area contributed by atoms with Crippen LogP contribution in [0.25, 0.3) is 0 Å². The van der Waals surface area contributed by atoms with Gasteiger partial charge in [0.15, 0.2) is 0 Å². The second-order valence-corrected chi connectivity index (χ2v) is 3.43. The molecule has 0 aliphatic carbocycles. The quantitative estimate of drug-likeness (QED) is 0.662. The van der Waals surface area contributed by atoms with Gasteiger partial charge < -0.3 is 14.3 Å². The van der Waals surface area contributed by atoms with Crippen LogP contribution >= 0.6 is 0 Å². The number of hydrogen-bond acceptors (Lipinski definition) is 3. The van der Waals surface area contributed by atoms with Crippen molar-refractivity contribution in [2.24, 2.45) is 0 Å². The molecule has 92 valence electrons. The molecule has 0 saturated heterocycles. The van der Waals surface area contributed by atoms with Crippen molar-refractivity contribution in [3.63, 3.8) is 0 Å². The molecule has 3 nitrogen and oxygen atoms in total. The summed E-state index contributed by atoms with van der Waals surface area (Å²) >= 11 is 0. The minimum Gasteiger partial charge on any atom is -0.808 e. The van der Waals surface area contributed by atoms with Crippen molar-refractivity contribution < 1.29 is 74.5 Å². The van der Waals surface area contributed by atoms with E-state index in [1.54, 1.807) is 0 Å². The van der Waals surface area contributed by atoms with Gasteiger partial charge >= 0.3 is 58.7 Å². The van der Waals surface area contributed by atoms with Crippen LogP contribution in [0.2, 0.25) is 0 Å². The van der Waals surface area contributed by atoms with Gasteiger partial charge in [-0.2, -0.15) is 0 Å². The van der Waals surface area contributed by atoms with Crippen LogP contribution in [-0.4, -0.2) is 7.32 Å². The molecule has 0 radical (unpaired) electrons. The van der Waals surface area contributed by atoms with Crippen molar-refractivity contribution in [3.8, 4) is 11.5 Å². The van der Waals surface area contributed by atoms with Gasteiger partial charge in [0.2, 0.25) is 0 Å². The fourth-order valence-electron chi connectivity index (χ4n) is 1.27. The molecule has 2 aromatic carbocycles. The first-order chi connectivity index (χ1) is 8.63. The Morgan fingerprint density at radius 3 is 1.37 bits per heavy atom. The molecule has 0 atom stereocenters. The predicted molar refractivity (Wildman–Crippen MR) is 59.8 cm³/mol. The van der Waals surface area contributed by atoms with Gasteiger partial charge in [0, 0.05) is 0 Å². The number of hydrogen-bond donors (Lipinski definition) is 0. The molecule has 2 rings (SSSR count). The molecular formula is C12H8BF2KO3. The molecule has 0 saturated carbocycles.